The van der Waals surface area contributed by atoms with Crippen molar-refractivity contribution in [2.75, 3.05) is 6.61 Å². The highest BCUT2D eigenvalue weighted by molar-refractivity contribution is 5.45. The minimum absolute atomic E-state index is 0.222. The average Bonchev–Trinajstić information content (AvgIpc) is 3.28. The summed E-state index contributed by atoms with van der Waals surface area (Å²) < 4.78 is 118. The van der Waals surface area contributed by atoms with E-state index in [1.54, 1.807) is 0 Å². The molecule has 39 heavy (non-hydrogen) atoms. The lowest BCUT2D eigenvalue weighted by molar-refractivity contribution is -0.347. The van der Waals surface area contributed by atoms with E-state index < -0.39 is 76.6 Å². The Morgan fingerprint density at radius 3 is 2.23 bits per heavy atom. The minimum atomic E-state index is -4.95. The second kappa shape index (κ2) is 8.84. The Hall–Kier alpha value is -3.33. The van der Waals surface area contributed by atoms with E-state index in [4.69, 9.17) is 9.84 Å². The zero-order valence-corrected chi connectivity index (χ0v) is 19.8. The van der Waals surface area contributed by atoms with E-state index in [9.17, 15) is 31.4 Å². The first-order valence-electron chi connectivity index (χ1n) is 11.6. The quantitative estimate of drug-likeness (QED) is 0.382. The molecular weight excluding hydrogens is 544 g/mol. The Morgan fingerprint density at radius 1 is 0.974 bits per heavy atom. The van der Waals surface area contributed by atoms with Crippen molar-refractivity contribution in [3.05, 3.63) is 71.3 Å². The predicted molar refractivity (Wildman–Crippen MR) is 115 cm³/mol. The molecule has 2 aromatic carbocycles. The molecule has 210 valence electrons. The summed E-state index contributed by atoms with van der Waals surface area (Å²) in [6.07, 6.45) is -7.49. The summed E-state index contributed by atoms with van der Waals surface area (Å²) in [6.45, 7) is -2.19. The lowest BCUT2D eigenvalue weighted by Gasteiger charge is -2.74. The molecule has 0 aliphatic heterocycles. The number of halogens is 8. The van der Waals surface area contributed by atoms with E-state index in [1.807, 2.05) is 0 Å². The number of hydrogen-bond donors (Lipinski definition) is 2. The summed E-state index contributed by atoms with van der Waals surface area (Å²) in [5.74, 6) is -8.01. The van der Waals surface area contributed by atoms with Crippen LogP contribution < -0.4 is 4.74 Å². The molecule has 3 saturated carbocycles. The third kappa shape index (κ3) is 4.22. The van der Waals surface area contributed by atoms with Crippen LogP contribution in [0.1, 0.15) is 30.4 Å². The van der Waals surface area contributed by atoms with Gasteiger partial charge in [0.1, 0.15) is 24.6 Å². The Labute approximate surface area is 215 Å². The molecule has 0 radical (unpaired) electrons. The lowest BCUT2D eigenvalue weighted by Crippen LogP contribution is -2.76. The topological polar surface area (TPSA) is 93.3 Å². The van der Waals surface area contributed by atoms with E-state index in [0.29, 0.717) is 11.6 Å². The highest BCUT2D eigenvalue weighted by atomic mass is 19.4. The molecular formula is C24H20F8N4O3. The molecule has 0 amide bonds. The molecule has 3 aliphatic carbocycles. The van der Waals surface area contributed by atoms with Crippen LogP contribution in [0.25, 0.3) is 0 Å². The Bertz CT molecular complexity index is 1360. The molecule has 2 bridgehead atoms. The average molecular weight is 564 g/mol. The van der Waals surface area contributed by atoms with Crippen LogP contribution in [0.15, 0.2) is 42.7 Å². The monoisotopic (exact) mass is 564 g/mol. The van der Waals surface area contributed by atoms with Crippen molar-refractivity contribution in [3.63, 3.8) is 0 Å². The SMILES string of the molecule is O[C@@H](COc1ccc(C23CC(C(F)(F)[C@@](O)(Cn4cnnn4)c4ccc(F)cc4F)(C2)C3)cc1F)C(F)(F)F. The smallest absolute Gasteiger partial charge is 0.417 e. The number of ether oxygens (including phenoxy) is 1. The number of rotatable bonds is 9. The molecule has 0 unspecified atom stereocenters. The normalized spacial score (nSPS) is 24.9. The van der Waals surface area contributed by atoms with E-state index >= 15 is 8.78 Å². The molecule has 0 spiro atoms. The van der Waals surface area contributed by atoms with Gasteiger partial charge in [-0.05, 0) is 64.9 Å². The van der Waals surface area contributed by atoms with Crippen LogP contribution in [-0.4, -0.2) is 55.2 Å². The molecule has 6 rings (SSSR count). The fraction of sp³-hybridized carbons (Fsp3) is 0.458. The summed E-state index contributed by atoms with van der Waals surface area (Å²) in [7, 11) is 0. The lowest BCUT2D eigenvalue weighted by atomic mass is 9.30. The molecule has 3 aromatic rings. The number of hydrogen-bond acceptors (Lipinski definition) is 6. The van der Waals surface area contributed by atoms with Crippen LogP contribution in [0.4, 0.5) is 35.1 Å². The van der Waals surface area contributed by atoms with Gasteiger partial charge in [0.05, 0.1) is 6.54 Å². The first-order chi connectivity index (χ1) is 18.1. The Balaban J connectivity index is 1.38. The van der Waals surface area contributed by atoms with Crippen molar-refractivity contribution in [2.45, 2.75) is 55.0 Å². The maximum Gasteiger partial charge on any atom is 0.417 e. The van der Waals surface area contributed by atoms with Gasteiger partial charge in [-0.1, -0.05) is 6.07 Å². The fourth-order valence-electron chi connectivity index (χ4n) is 5.74. The zero-order chi connectivity index (χ0) is 28.4. The number of aliphatic hydroxyl groups excluding tert-OH is 1. The van der Waals surface area contributed by atoms with Crippen molar-refractivity contribution in [2.24, 2.45) is 5.41 Å². The van der Waals surface area contributed by atoms with Crippen LogP contribution >= 0.6 is 0 Å². The zero-order valence-electron chi connectivity index (χ0n) is 19.8. The molecule has 0 saturated heterocycles. The Kier molecular flexibility index (Phi) is 6.18. The highest BCUT2D eigenvalue weighted by Crippen LogP contribution is 2.80. The maximum atomic E-state index is 16.2. The molecule has 3 fully saturated rings. The van der Waals surface area contributed by atoms with Crippen LogP contribution in [-0.2, 0) is 17.6 Å². The number of nitrogens with zero attached hydrogens (tertiary/aromatic N) is 4. The van der Waals surface area contributed by atoms with Gasteiger partial charge in [-0.25, -0.2) is 26.6 Å². The standard InChI is InChI=1S/C24H20F8N4O3/c25-14-2-3-15(16(26)6-14)22(38,11-36-12-33-34-35-36)24(31,32)21-8-20(9-21,10-21)13-1-4-18(17(27)5-13)39-7-19(37)23(28,29)30/h1-6,12,19,37-38H,7-11H2/t19-,20?,21?,22+/m0/s1. The number of benzene rings is 2. The second-order valence-electron chi connectivity index (χ2n) is 10.2. The maximum absolute atomic E-state index is 16.2. The van der Waals surface area contributed by atoms with Crippen molar-refractivity contribution in [1.29, 1.82) is 0 Å². The van der Waals surface area contributed by atoms with Gasteiger partial charge in [0.25, 0.3) is 5.92 Å². The van der Waals surface area contributed by atoms with E-state index in [2.05, 4.69) is 15.5 Å². The first kappa shape index (κ1) is 27.2. The number of alkyl halides is 5. The van der Waals surface area contributed by atoms with E-state index in [-0.39, 0.29) is 19.3 Å². The molecule has 3 aliphatic rings. The van der Waals surface area contributed by atoms with Gasteiger partial charge in [-0.15, -0.1) is 5.10 Å². The van der Waals surface area contributed by atoms with Gasteiger partial charge in [0, 0.05) is 17.0 Å². The first-order valence-corrected chi connectivity index (χ1v) is 11.6. The predicted octanol–water partition coefficient (Wildman–Crippen LogP) is 4.04. The van der Waals surface area contributed by atoms with Crippen LogP contribution in [0.5, 0.6) is 5.75 Å². The Morgan fingerprint density at radius 2 is 1.67 bits per heavy atom. The number of tetrazole rings is 1. The molecule has 1 heterocycles. The largest absolute Gasteiger partial charge is 0.487 e. The molecule has 7 nitrogen and oxygen atoms in total. The van der Waals surface area contributed by atoms with Gasteiger partial charge >= 0.3 is 6.18 Å². The van der Waals surface area contributed by atoms with E-state index in [1.165, 1.54) is 6.07 Å². The summed E-state index contributed by atoms with van der Waals surface area (Å²) in [5.41, 5.74) is -6.48. The minimum Gasteiger partial charge on any atom is -0.487 e. The van der Waals surface area contributed by atoms with E-state index in [0.717, 1.165) is 35.3 Å². The third-order valence-electron chi connectivity index (χ3n) is 7.69. The number of aliphatic hydroxyl groups is 2. The summed E-state index contributed by atoms with van der Waals surface area (Å²) in [6, 6.07) is 5.17. The van der Waals surface area contributed by atoms with Gasteiger partial charge in [0.2, 0.25) is 0 Å². The van der Waals surface area contributed by atoms with Gasteiger partial charge in [-0.2, -0.15) is 13.2 Å². The van der Waals surface area contributed by atoms with Gasteiger partial charge in [0.15, 0.2) is 23.3 Å². The van der Waals surface area contributed by atoms with Crippen LogP contribution in [0.2, 0.25) is 0 Å². The van der Waals surface area contributed by atoms with Crippen molar-refractivity contribution in [1.82, 2.24) is 20.2 Å². The summed E-state index contributed by atoms with van der Waals surface area (Å²) in [5, 5.41) is 30.5. The number of aromatic nitrogens is 4. The highest BCUT2D eigenvalue weighted by Gasteiger charge is 2.82. The molecule has 1 aromatic heterocycles. The van der Waals surface area contributed by atoms with Crippen molar-refractivity contribution < 1.29 is 50.1 Å². The summed E-state index contributed by atoms with van der Waals surface area (Å²) >= 11 is 0. The van der Waals surface area contributed by atoms with Crippen molar-refractivity contribution >= 4 is 0 Å². The summed E-state index contributed by atoms with van der Waals surface area (Å²) in [4.78, 5) is 0. The molecule has 2 atom stereocenters. The van der Waals surface area contributed by atoms with Gasteiger partial charge < -0.3 is 14.9 Å². The second-order valence-corrected chi connectivity index (χ2v) is 10.2. The molecule has 15 heteroatoms. The van der Waals surface area contributed by atoms with Crippen LogP contribution in [0, 0.1) is 22.9 Å². The molecule has 2 N–H and O–H groups in total. The van der Waals surface area contributed by atoms with Crippen LogP contribution in [0.3, 0.4) is 0 Å². The third-order valence-corrected chi connectivity index (χ3v) is 7.69. The fourth-order valence-corrected chi connectivity index (χ4v) is 5.74. The van der Waals surface area contributed by atoms with Crippen molar-refractivity contribution in [3.8, 4) is 5.75 Å². The van der Waals surface area contributed by atoms with Gasteiger partial charge in [-0.3, -0.25) is 0 Å².